The molecular weight excluding hydrogens is 380 g/mol. The van der Waals surface area contributed by atoms with E-state index in [1.54, 1.807) is 0 Å². The van der Waals surface area contributed by atoms with Crippen molar-refractivity contribution in [2.45, 2.75) is 84.5 Å². The molecule has 1 atom stereocenters. The summed E-state index contributed by atoms with van der Waals surface area (Å²) in [7, 11) is 0. The minimum atomic E-state index is -0.126. The standard InChI is InChI=1S/C29H38O2/c1-3-5-6-7-8-9-10-29(30)31-28-21-19-27(20-22-28)26-17-15-25(16-18-26)24-13-11-23(4-2)12-14-24/h13,15-23H,3-12,14H2,1-2H3. The second-order valence-corrected chi connectivity index (χ2v) is 8.87. The summed E-state index contributed by atoms with van der Waals surface area (Å²) in [6, 6.07) is 16.7. The van der Waals surface area contributed by atoms with Gasteiger partial charge >= 0.3 is 5.97 Å². The Labute approximate surface area is 188 Å². The Balaban J connectivity index is 1.48. The molecule has 0 radical (unpaired) electrons. The highest BCUT2D eigenvalue weighted by molar-refractivity contribution is 5.73. The van der Waals surface area contributed by atoms with Gasteiger partial charge in [0.2, 0.25) is 0 Å². The highest BCUT2D eigenvalue weighted by atomic mass is 16.5. The van der Waals surface area contributed by atoms with Crippen molar-refractivity contribution in [2.24, 2.45) is 5.92 Å². The van der Waals surface area contributed by atoms with E-state index in [1.807, 2.05) is 24.3 Å². The Morgan fingerprint density at radius 1 is 0.839 bits per heavy atom. The van der Waals surface area contributed by atoms with E-state index in [4.69, 9.17) is 4.74 Å². The van der Waals surface area contributed by atoms with Gasteiger partial charge in [0.15, 0.2) is 0 Å². The Bertz CT molecular complexity index is 830. The van der Waals surface area contributed by atoms with Crippen LogP contribution in [0, 0.1) is 5.92 Å². The average Bonchev–Trinajstić information content (AvgIpc) is 2.82. The van der Waals surface area contributed by atoms with Gasteiger partial charge in [-0.1, -0.05) is 94.8 Å². The van der Waals surface area contributed by atoms with Crippen LogP contribution in [-0.4, -0.2) is 5.97 Å². The Hall–Kier alpha value is -2.35. The number of carbonyl (C=O) groups is 1. The fourth-order valence-electron chi connectivity index (χ4n) is 4.35. The topological polar surface area (TPSA) is 26.3 Å². The van der Waals surface area contributed by atoms with Crippen molar-refractivity contribution in [1.29, 1.82) is 0 Å². The SMILES string of the molecule is CCCCCCCCC(=O)Oc1ccc(-c2ccc(C3=CCC(CC)CC3)cc2)cc1. The third-order valence-corrected chi connectivity index (χ3v) is 6.51. The molecule has 2 nitrogen and oxygen atoms in total. The van der Waals surface area contributed by atoms with E-state index in [-0.39, 0.29) is 5.97 Å². The van der Waals surface area contributed by atoms with E-state index in [0.29, 0.717) is 12.2 Å². The minimum absolute atomic E-state index is 0.126. The predicted molar refractivity (Wildman–Crippen MR) is 131 cm³/mol. The lowest BCUT2D eigenvalue weighted by Gasteiger charge is -2.20. The zero-order valence-electron chi connectivity index (χ0n) is 19.4. The zero-order chi connectivity index (χ0) is 21.9. The van der Waals surface area contributed by atoms with Crippen LogP contribution in [0.5, 0.6) is 5.75 Å². The molecule has 1 aliphatic rings. The van der Waals surface area contributed by atoms with Crippen molar-refractivity contribution in [3.63, 3.8) is 0 Å². The monoisotopic (exact) mass is 418 g/mol. The van der Waals surface area contributed by atoms with Crippen molar-refractivity contribution < 1.29 is 9.53 Å². The summed E-state index contributed by atoms with van der Waals surface area (Å²) in [5, 5.41) is 0. The van der Waals surface area contributed by atoms with Crippen LogP contribution in [0.2, 0.25) is 0 Å². The molecule has 2 aromatic rings. The van der Waals surface area contributed by atoms with Crippen LogP contribution in [-0.2, 0) is 4.79 Å². The maximum Gasteiger partial charge on any atom is 0.311 e. The first-order valence-corrected chi connectivity index (χ1v) is 12.3. The fraction of sp³-hybridized carbons (Fsp3) is 0.483. The lowest BCUT2D eigenvalue weighted by atomic mass is 9.85. The number of ether oxygens (including phenoxy) is 1. The summed E-state index contributed by atoms with van der Waals surface area (Å²) in [5.41, 5.74) is 5.17. The molecule has 166 valence electrons. The molecule has 0 saturated carbocycles. The molecule has 0 N–H and O–H groups in total. The fourth-order valence-corrected chi connectivity index (χ4v) is 4.35. The molecule has 0 spiro atoms. The van der Waals surface area contributed by atoms with E-state index in [0.717, 1.165) is 24.3 Å². The van der Waals surface area contributed by atoms with Crippen LogP contribution in [0.3, 0.4) is 0 Å². The van der Waals surface area contributed by atoms with Gasteiger partial charge in [0.1, 0.15) is 5.75 Å². The van der Waals surface area contributed by atoms with E-state index in [2.05, 4.69) is 44.2 Å². The van der Waals surface area contributed by atoms with Gasteiger partial charge in [0.25, 0.3) is 0 Å². The maximum absolute atomic E-state index is 12.1. The molecule has 0 aromatic heterocycles. The molecule has 31 heavy (non-hydrogen) atoms. The van der Waals surface area contributed by atoms with Crippen molar-refractivity contribution in [3.8, 4) is 16.9 Å². The summed E-state index contributed by atoms with van der Waals surface area (Å²) in [4.78, 5) is 12.1. The number of carbonyl (C=O) groups excluding carboxylic acids is 1. The van der Waals surface area contributed by atoms with Crippen LogP contribution < -0.4 is 4.74 Å². The van der Waals surface area contributed by atoms with Crippen LogP contribution in [0.1, 0.15) is 90.0 Å². The summed E-state index contributed by atoms with van der Waals surface area (Å²) in [5.74, 6) is 1.37. The number of benzene rings is 2. The lowest BCUT2D eigenvalue weighted by Crippen LogP contribution is -2.07. The predicted octanol–water partition coefficient (Wildman–Crippen LogP) is 8.60. The van der Waals surface area contributed by atoms with Crippen LogP contribution >= 0.6 is 0 Å². The normalized spacial score (nSPS) is 16.1. The van der Waals surface area contributed by atoms with E-state index >= 15 is 0 Å². The van der Waals surface area contributed by atoms with Gasteiger partial charge in [0, 0.05) is 6.42 Å². The Kier molecular flexibility index (Phi) is 9.39. The van der Waals surface area contributed by atoms with Gasteiger partial charge in [-0.25, -0.2) is 0 Å². The first-order chi connectivity index (χ1) is 15.2. The van der Waals surface area contributed by atoms with Crippen LogP contribution in [0.4, 0.5) is 0 Å². The molecule has 0 aliphatic heterocycles. The Morgan fingerprint density at radius 2 is 1.45 bits per heavy atom. The van der Waals surface area contributed by atoms with E-state index < -0.39 is 0 Å². The third kappa shape index (κ3) is 7.38. The van der Waals surface area contributed by atoms with Gasteiger partial charge in [-0.05, 0) is 66.0 Å². The van der Waals surface area contributed by atoms with E-state index in [9.17, 15) is 4.79 Å². The third-order valence-electron chi connectivity index (χ3n) is 6.51. The molecule has 0 amide bonds. The van der Waals surface area contributed by atoms with Crippen LogP contribution in [0.15, 0.2) is 54.6 Å². The van der Waals surface area contributed by atoms with Gasteiger partial charge in [0.05, 0.1) is 0 Å². The first kappa shape index (κ1) is 23.3. The molecule has 0 heterocycles. The molecule has 3 rings (SSSR count). The Morgan fingerprint density at radius 3 is 2.06 bits per heavy atom. The number of rotatable bonds is 11. The van der Waals surface area contributed by atoms with Gasteiger partial charge < -0.3 is 4.74 Å². The highest BCUT2D eigenvalue weighted by Crippen LogP contribution is 2.32. The van der Waals surface area contributed by atoms with Crippen LogP contribution in [0.25, 0.3) is 16.7 Å². The quantitative estimate of drug-likeness (QED) is 0.207. The molecule has 1 aliphatic carbocycles. The summed E-state index contributed by atoms with van der Waals surface area (Å²) >= 11 is 0. The summed E-state index contributed by atoms with van der Waals surface area (Å²) in [6.45, 7) is 4.51. The number of hydrogen-bond donors (Lipinski definition) is 0. The summed E-state index contributed by atoms with van der Waals surface area (Å²) in [6.07, 6.45) is 15.0. The largest absolute Gasteiger partial charge is 0.427 e. The molecule has 2 aromatic carbocycles. The molecule has 0 fully saturated rings. The van der Waals surface area contributed by atoms with Crippen molar-refractivity contribution >= 4 is 11.5 Å². The lowest BCUT2D eigenvalue weighted by molar-refractivity contribution is -0.134. The number of unbranched alkanes of at least 4 members (excludes halogenated alkanes) is 5. The number of allylic oxidation sites excluding steroid dienone is 2. The minimum Gasteiger partial charge on any atom is -0.427 e. The smallest absolute Gasteiger partial charge is 0.311 e. The number of esters is 1. The number of hydrogen-bond acceptors (Lipinski definition) is 2. The molecule has 0 bridgehead atoms. The maximum atomic E-state index is 12.1. The first-order valence-electron chi connectivity index (χ1n) is 12.3. The second kappa shape index (κ2) is 12.5. The molecule has 2 heteroatoms. The van der Waals surface area contributed by atoms with Gasteiger partial charge in [-0.15, -0.1) is 0 Å². The van der Waals surface area contributed by atoms with Crippen molar-refractivity contribution in [3.05, 3.63) is 60.2 Å². The van der Waals surface area contributed by atoms with E-state index in [1.165, 1.54) is 68.1 Å². The molecular formula is C29H38O2. The highest BCUT2D eigenvalue weighted by Gasteiger charge is 2.14. The zero-order valence-corrected chi connectivity index (χ0v) is 19.4. The van der Waals surface area contributed by atoms with Gasteiger partial charge in [-0.2, -0.15) is 0 Å². The van der Waals surface area contributed by atoms with Crippen molar-refractivity contribution in [2.75, 3.05) is 0 Å². The summed E-state index contributed by atoms with van der Waals surface area (Å²) < 4.78 is 5.50. The molecule has 0 saturated heterocycles. The van der Waals surface area contributed by atoms with Gasteiger partial charge in [-0.3, -0.25) is 4.79 Å². The second-order valence-electron chi connectivity index (χ2n) is 8.87. The van der Waals surface area contributed by atoms with Crippen molar-refractivity contribution in [1.82, 2.24) is 0 Å². The molecule has 1 unspecified atom stereocenters. The average molecular weight is 419 g/mol.